The van der Waals surface area contributed by atoms with Crippen molar-refractivity contribution in [3.8, 4) is 11.4 Å². The Morgan fingerprint density at radius 2 is 2.19 bits per heavy atom. The zero-order valence-corrected chi connectivity index (χ0v) is 14.8. The van der Waals surface area contributed by atoms with Crippen LogP contribution in [0.4, 0.5) is 0 Å². The molecule has 1 aromatic carbocycles. The number of carbonyl (C=O) groups is 1. The van der Waals surface area contributed by atoms with Crippen LogP contribution in [0.15, 0.2) is 41.3 Å². The molecule has 3 aromatic rings. The fourth-order valence-corrected chi connectivity index (χ4v) is 3.23. The summed E-state index contributed by atoms with van der Waals surface area (Å²) in [6.07, 6.45) is 6.71. The third kappa shape index (κ3) is 3.51. The van der Waals surface area contributed by atoms with Crippen LogP contribution in [0.1, 0.15) is 30.0 Å². The van der Waals surface area contributed by atoms with Gasteiger partial charge in [0.05, 0.1) is 6.33 Å². The summed E-state index contributed by atoms with van der Waals surface area (Å²) in [6, 6.07) is 7.99. The summed E-state index contributed by atoms with van der Waals surface area (Å²) in [5.74, 6) is 1.42. The largest absolute Gasteiger partial charge is 0.339 e. The number of amides is 1. The molecule has 0 saturated carbocycles. The number of nitrogens with zero attached hydrogens (tertiary/aromatic N) is 5. The number of hydrogen-bond acceptors (Lipinski definition) is 5. The molecular weight excluding hydrogens is 330 g/mol. The molecule has 7 heteroatoms. The van der Waals surface area contributed by atoms with Crippen LogP contribution in [-0.4, -0.2) is 37.0 Å². The normalized spacial score (nSPS) is 14.3. The Morgan fingerprint density at radius 1 is 1.27 bits per heavy atom. The van der Waals surface area contributed by atoms with Crippen molar-refractivity contribution >= 4 is 5.91 Å². The number of rotatable bonds is 6. The van der Waals surface area contributed by atoms with E-state index in [4.69, 9.17) is 4.52 Å². The first-order valence-corrected chi connectivity index (χ1v) is 8.84. The quantitative estimate of drug-likeness (QED) is 0.681. The van der Waals surface area contributed by atoms with Crippen LogP contribution in [0, 0.1) is 0 Å². The Hall–Kier alpha value is -2.96. The summed E-state index contributed by atoms with van der Waals surface area (Å²) in [5, 5.41) is 4.11. The maximum atomic E-state index is 11.8. The molecule has 1 saturated heterocycles. The van der Waals surface area contributed by atoms with E-state index in [-0.39, 0.29) is 5.91 Å². The lowest BCUT2D eigenvalue weighted by Crippen LogP contribution is -2.23. The topological polar surface area (TPSA) is 77.1 Å². The van der Waals surface area contributed by atoms with Crippen molar-refractivity contribution in [1.29, 1.82) is 0 Å². The summed E-state index contributed by atoms with van der Waals surface area (Å²) < 4.78 is 7.38. The van der Waals surface area contributed by atoms with E-state index in [0.717, 1.165) is 36.2 Å². The van der Waals surface area contributed by atoms with Gasteiger partial charge < -0.3 is 14.0 Å². The Labute approximate surface area is 151 Å². The fourth-order valence-electron chi connectivity index (χ4n) is 3.23. The van der Waals surface area contributed by atoms with Gasteiger partial charge in [0.1, 0.15) is 0 Å². The van der Waals surface area contributed by atoms with Crippen LogP contribution < -0.4 is 0 Å². The zero-order chi connectivity index (χ0) is 17.9. The van der Waals surface area contributed by atoms with Gasteiger partial charge in [-0.3, -0.25) is 4.79 Å². The van der Waals surface area contributed by atoms with Crippen molar-refractivity contribution in [2.24, 2.45) is 7.05 Å². The monoisotopic (exact) mass is 351 g/mol. The Kier molecular flexibility index (Phi) is 4.51. The lowest BCUT2D eigenvalue weighted by atomic mass is 10.1. The summed E-state index contributed by atoms with van der Waals surface area (Å²) >= 11 is 0. The van der Waals surface area contributed by atoms with Gasteiger partial charge in [-0.15, -0.1) is 0 Å². The molecule has 0 atom stereocenters. The number of aromatic nitrogens is 4. The molecule has 1 aliphatic rings. The molecule has 1 aliphatic heterocycles. The van der Waals surface area contributed by atoms with Crippen molar-refractivity contribution in [1.82, 2.24) is 24.6 Å². The molecular formula is C19H21N5O2. The average Bonchev–Trinajstić information content (AvgIpc) is 3.36. The van der Waals surface area contributed by atoms with E-state index in [1.807, 2.05) is 47.0 Å². The zero-order valence-electron chi connectivity index (χ0n) is 14.8. The van der Waals surface area contributed by atoms with Gasteiger partial charge in [0, 0.05) is 50.4 Å². The van der Waals surface area contributed by atoms with Crippen LogP contribution in [-0.2, 0) is 31.2 Å². The fraction of sp³-hybridized carbons (Fsp3) is 0.368. The molecule has 0 N–H and O–H groups in total. The molecule has 1 fully saturated rings. The second kappa shape index (κ2) is 7.11. The Morgan fingerprint density at radius 3 is 2.96 bits per heavy atom. The minimum Gasteiger partial charge on any atom is -0.339 e. The molecule has 4 rings (SSSR count). The third-order valence-corrected chi connectivity index (χ3v) is 4.71. The maximum Gasteiger partial charge on any atom is 0.227 e. The molecule has 1 amide bonds. The van der Waals surface area contributed by atoms with Gasteiger partial charge in [0.25, 0.3) is 0 Å². The molecule has 3 heterocycles. The lowest BCUT2D eigenvalue weighted by molar-refractivity contribution is -0.128. The van der Waals surface area contributed by atoms with Gasteiger partial charge in [0.2, 0.25) is 17.6 Å². The van der Waals surface area contributed by atoms with E-state index in [2.05, 4.69) is 15.1 Å². The number of benzene rings is 1. The molecule has 0 radical (unpaired) electrons. The predicted molar refractivity (Wildman–Crippen MR) is 95.0 cm³/mol. The van der Waals surface area contributed by atoms with Crippen molar-refractivity contribution in [2.45, 2.75) is 32.2 Å². The highest BCUT2D eigenvalue weighted by molar-refractivity contribution is 5.78. The molecule has 0 spiro atoms. The Bertz CT molecular complexity index is 914. The number of aryl methyl sites for hydroxylation is 3. The third-order valence-electron chi connectivity index (χ3n) is 4.71. The van der Waals surface area contributed by atoms with Crippen LogP contribution in [0.2, 0.25) is 0 Å². The molecule has 134 valence electrons. The van der Waals surface area contributed by atoms with E-state index in [1.54, 1.807) is 6.33 Å². The first kappa shape index (κ1) is 16.5. The Balaban J connectivity index is 1.44. The molecule has 0 bridgehead atoms. The lowest BCUT2D eigenvalue weighted by Gasteiger charge is -2.15. The number of hydrogen-bond donors (Lipinski definition) is 0. The van der Waals surface area contributed by atoms with Crippen LogP contribution in [0.3, 0.4) is 0 Å². The van der Waals surface area contributed by atoms with Crippen molar-refractivity contribution < 1.29 is 9.32 Å². The second-order valence-corrected chi connectivity index (χ2v) is 6.63. The van der Waals surface area contributed by atoms with E-state index < -0.39 is 0 Å². The van der Waals surface area contributed by atoms with Gasteiger partial charge in [-0.2, -0.15) is 4.98 Å². The first-order valence-electron chi connectivity index (χ1n) is 8.84. The highest BCUT2D eigenvalue weighted by Crippen LogP contribution is 2.20. The molecule has 2 aromatic heterocycles. The maximum absolute atomic E-state index is 11.8. The van der Waals surface area contributed by atoms with Gasteiger partial charge >= 0.3 is 0 Å². The second-order valence-electron chi connectivity index (χ2n) is 6.63. The van der Waals surface area contributed by atoms with Crippen LogP contribution >= 0.6 is 0 Å². The van der Waals surface area contributed by atoms with Gasteiger partial charge in [-0.05, 0) is 24.5 Å². The average molecular weight is 351 g/mol. The SMILES string of the molecule is Cn1cncc1CCc1nc(-c2cccc(CN3CCCC3=O)c2)no1. The smallest absolute Gasteiger partial charge is 0.227 e. The van der Waals surface area contributed by atoms with E-state index in [9.17, 15) is 4.79 Å². The van der Waals surface area contributed by atoms with Crippen molar-refractivity contribution in [2.75, 3.05) is 6.54 Å². The minimum absolute atomic E-state index is 0.229. The molecule has 7 nitrogen and oxygen atoms in total. The van der Waals surface area contributed by atoms with E-state index >= 15 is 0 Å². The number of imidazole rings is 1. The van der Waals surface area contributed by atoms with Gasteiger partial charge in [0.15, 0.2) is 0 Å². The summed E-state index contributed by atoms with van der Waals surface area (Å²) in [4.78, 5) is 22.3. The molecule has 0 unspecified atom stereocenters. The van der Waals surface area contributed by atoms with Crippen LogP contribution in [0.25, 0.3) is 11.4 Å². The van der Waals surface area contributed by atoms with E-state index in [0.29, 0.717) is 31.1 Å². The molecule has 26 heavy (non-hydrogen) atoms. The standard InChI is InChI=1S/C19H21N5O2/c1-23-13-20-11-16(23)7-8-17-21-19(22-26-17)15-5-2-4-14(10-15)12-24-9-3-6-18(24)25/h2,4-5,10-11,13H,3,6-9,12H2,1H3. The molecule has 0 aliphatic carbocycles. The minimum atomic E-state index is 0.229. The van der Waals surface area contributed by atoms with Crippen molar-refractivity contribution in [3.63, 3.8) is 0 Å². The first-order chi connectivity index (χ1) is 12.7. The van der Waals surface area contributed by atoms with Crippen LogP contribution in [0.5, 0.6) is 0 Å². The summed E-state index contributed by atoms with van der Waals surface area (Å²) in [6.45, 7) is 1.47. The summed E-state index contributed by atoms with van der Waals surface area (Å²) in [5.41, 5.74) is 3.12. The van der Waals surface area contributed by atoms with Gasteiger partial charge in [-0.1, -0.05) is 23.4 Å². The highest BCUT2D eigenvalue weighted by atomic mass is 16.5. The predicted octanol–water partition coefficient (Wildman–Crippen LogP) is 2.38. The van der Waals surface area contributed by atoms with Crippen molar-refractivity contribution in [3.05, 3.63) is 53.9 Å². The van der Waals surface area contributed by atoms with Gasteiger partial charge in [-0.25, -0.2) is 4.98 Å². The highest BCUT2D eigenvalue weighted by Gasteiger charge is 2.20. The number of carbonyl (C=O) groups excluding carboxylic acids is 1. The number of likely N-dealkylation sites (tertiary alicyclic amines) is 1. The van der Waals surface area contributed by atoms with E-state index in [1.165, 1.54) is 0 Å². The summed E-state index contributed by atoms with van der Waals surface area (Å²) in [7, 11) is 1.97.